The number of carbonyl (C=O) groups excluding carboxylic acids is 1. The largest absolute Gasteiger partial charge is 0.490 e. The summed E-state index contributed by atoms with van der Waals surface area (Å²) in [6, 6.07) is 0. The monoisotopic (exact) mass is 294 g/mol. The summed E-state index contributed by atoms with van der Waals surface area (Å²) in [7, 11) is 0. The van der Waals surface area contributed by atoms with Gasteiger partial charge in [0.2, 0.25) is 0 Å². The van der Waals surface area contributed by atoms with E-state index in [4.69, 9.17) is 9.90 Å². The average molecular weight is 295 g/mol. The maximum absolute atomic E-state index is 11.2. The third-order valence-corrected chi connectivity index (χ3v) is 1.12. The molecule has 0 spiro atoms. The second kappa shape index (κ2) is 6.14. The van der Waals surface area contributed by atoms with Gasteiger partial charge in [-0.3, -0.25) is 4.79 Å². The molecule has 0 heterocycles. The van der Waals surface area contributed by atoms with Gasteiger partial charge in [0.15, 0.2) is 4.84 Å². The molecule has 1 N–H and O–H groups in total. The number of rotatable bonds is 1. The number of carbonyl (C=O) groups is 2. The van der Waals surface area contributed by atoms with Gasteiger partial charge in [0.25, 0.3) is 5.78 Å². The van der Waals surface area contributed by atoms with Crippen LogP contribution in [0.2, 0.25) is 0 Å². The van der Waals surface area contributed by atoms with Crippen molar-refractivity contribution in [2.24, 2.45) is 0 Å². The lowest BCUT2D eigenvalue weighted by atomic mass is 10.4. The van der Waals surface area contributed by atoms with Crippen molar-refractivity contribution in [2.75, 3.05) is 0 Å². The highest BCUT2D eigenvalue weighted by Gasteiger charge is 2.42. The number of carboxylic acids is 1. The highest BCUT2D eigenvalue weighted by Crippen LogP contribution is 2.21. The molecule has 0 amide bonds. The minimum Gasteiger partial charge on any atom is -0.475 e. The summed E-state index contributed by atoms with van der Waals surface area (Å²) >= 11 is 9.22. The Kier molecular flexibility index (Phi) is 6.79. The van der Waals surface area contributed by atoms with Gasteiger partial charge in [0.05, 0.1) is 0 Å². The summed E-state index contributed by atoms with van der Waals surface area (Å²) in [5, 5.41) is 7.12. The van der Waals surface area contributed by atoms with E-state index >= 15 is 0 Å². The highest BCUT2D eigenvalue weighted by atomic mass is 35.5. The first-order valence-corrected chi connectivity index (χ1v) is 3.86. The Labute approximate surface area is 93.9 Å². The Morgan fingerprint density at radius 1 is 0.938 bits per heavy atom. The van der Waals surface area contributed by atoms with Crippen LogP contribution in [-0.4, -0.2) is 34.0 Å². The van der Waals surface area contributed by atoms with Crippen molar-refractivity contribution in [3.05, 3.63) is 0 Å². The van der Waals surface area contributed by atoms with Crippen LogP contribution in [0.1, 0.15) is 0 Å². The quantitative estimate of drug-likeness (QED) is 0.597. The summed E-state index contributed by atoms with van der Waals surface area (Å²) in [5.41, 5.74) is 0. The lowest BCUT2D eigenvalue weighted by Gasteiger charge is -2.03. The maximum Gasteiger partial charge on any atom is 0.490 e. The van der Waals surface area contributed by atoms with E-state index in [1.54, 1.807) is 0 Å². The third kappa shape index (κ3) is 8.60. The molecule has 0 rings (SSSR count). The van der Waals surface area contributed by atoms with E-state index in [9.17, 15) is 31.1 Å². The Hall–Kier alpha value is -0.700. The molecule has 0 aliphatic carbocycles. The molecule has 0 aliphatic heterocycles. The van der Waals surface area contributed by atoms with Crippen molar-refractivity contribution in [3.8, 4) is 0 Å². The van der Waals surface area contributed by atoms with Crippen LogP contribution in [0, 0.1) is 0 Å². The molecule has 11 heteroatoms. The summed E-state index contributed by atoms with van der Waals surface area (Å²) in [4.78, 5) is 16.7. The number of aliphatic carboxylic acids is 1. The van der Waals surface area contributed by atoms with Crippen molar-refractivity contribution < 1.29 is 41.0 Å². The average Bonchev–Trinajstić information content (AvgIpc) is 2.00. The summed E-state index contributed by atoms with van der Waals surface area (Å²) < 4.78 is 65.3. The molecule has 0 fully saturated rings. The van der Waals surface area contributed by atoms with Crippen molar-refractivity contribution >= 4 is 35.0 Å². The van der Waals surface area contributed by atoms with E-state index in [1.165, 1.54) is 0 Å². The number of hydrogen-bond acceptors (Lipinski definition) is 2. The zero-order valence-electron chi connectivity index (χ0n) is 6.86. The predicted octanol–water partition coefficient (Wildman–Crippen LogP) is 2.55. The second-order valence-electron chi connectivity index (χ2n) is 1.97. The van der Waals surface area contributed by atoms with E-state index in [0.717, 1.165) is 0 Å². The van der Waals surface area contributed by atoms with E-state index in [-0.39, 0.29) is 0 Å². The zero-order chi connectivity index (χ0) is 13.7. The normalized spacial score (nSPS) is 11.8. The van der Waals surface area contributed by atoms with Crippen LogP contribution in [0.15, 0.2) is 0 Å². The van der Waals surface area contributed by atoms with Crippen LogP contribution >= 0.6 is 23.2 Å². The van der Waals surface area contributed by atoms with E-state index in [0.29, 0.717) is 0 Å². The number of hydrogen-bond donors (Lipinski definition) is 1. The van der Waals surface area contributed by atoms with E-state index < -0.39 is 28.9 Å². The van der Waals surface area contributed by atoms with Gasteiger partial charge < -0.3 is 5.11 Å². The van der Waals surface area contributed by atoms with Crippen molar-refractivity contribution in [1.29, 1.82) is 0 Å². The summed E-state index contributed by atoms with van der Waals surface area (Å²) in [6.07, 6.45) is -10.0. The summed E-state index contributed by atoms with van der Waals surface area (Å²) in [5.74, 6) is -4.89. The van der Waals surface area contributed by atoms with Gasteiger partial charge in [-0.2, -0.15) is 26.3 Å². The molecule has 16 heavy (non-hydrogen) atoms. The SMILES string of the molecule is O=C(C(Cl)Cl)C(F)(F)F.O=C(O)C(F)(F)F. The van der Waals surface area contributed by atoms with Crippen LogP contribution in [-0.2, 0) is 9.59 Å². The van der Waals surface area contributed by atoms with Crippen molar-refractivity contribution in [2.45, 2.75) is 17.2 Å². The van der Waals surface area contributed by atoms with Gasteiger partial charge in [-0.25, -0.2) is 4.79 Å². The molecule has 0 radical (unpaired) electrons. The highest BCUT2D eigenvalue weighted by molar-refractivity contribution is 6.54. The zero-order valence-corrected chi connectivity index (χ0v) is 8.38. The fraction of sp³-hybridized carbons (Fsp3) is 0.600. The lowest BCUT2D eigenvalue weighted by molar-refractivity contribution is -0.192. The van der Waals surface area contributed by atoms with Crippen LogP contribution < -0.4 is 0 Å². The minimum absolute atomic E-state index is 2.01. The predicted molar refractivity (Wildman–Crippen MR) is 40.2 cm³/mol. The van der Waals surface area contributed by atoms with Crippen LogP contribution in [0.4, 0.5) is 26.3 Å². The summed E-state index contributed by atoms with van der Waals surface area (Å²) in [6.45, 7) is 0. The molecule has 0 aromatic heterocycles. The molecule has 0 unspecified atom stereocenters. The first kappa shape index (κ1) is 17.7. The lowest BCUT2D eigenvalue weighted by Crippen LogP contribution is -2.27. The van der Waals surface area contributed by atoms with Gasteiger partial charge in [0.1, 0.15) is 0 Å². The minimum atomic E-state index is -5.08. The van der Waals surface area contributed by atoms with Crippen LogP contribution in [0.5, 0.6) is 0 Å². The van der Waals surface area contributed by atoms with Gasteiger partial charge in [-0.15, -0.1) is 0 Å². The Morgan fingerprint density at radius 2 is 1.19 bits per heavy atom. The molecule has 0 aromatic carbocycles. The molecular weight excluding hydrogens is 293 g/mol. The first-order valence-electron chi connectivity index (χ1n) is 2.99. The number of carboxylic acid groups (broad SMARTS) is 1. The topological polar surface area (TPSA) is 54.4 Å². The standard InChI is InChI=1S/C3HCl2F3O.C2HF3O2/c4-2(5)1(9)3(6,7)8;3-2(4,5)1(6)7/h2H;(H,6,7). The van der Waals surface area contributed by atoms with Gasteiger partial charge in [-0.1, -0.05) is 23.2 Å². The molecule has 3 nitrogen and oxygen atoms in total. The van der Waals surface area contributed by atoms with Gasteiger partial charge in [-0.05, 0) is 0 Å². The number of alkyl halides is 8. The molecule has 96 valence electrons. The maximum atomic E-state index is 11.2. The molecule has 0 bridgehead atoms. The number of ketones is 1. The van der Waals surface area contributed by atoms with Gasteiger partial charge in [0, 0.05) is 0 Å². The number of halogens is 8. The fourth-order valence-electron chi connectivity index (χ4n) is 0.124. The molecule has 0 saturated heterocycles. The Morgan fingerprint density at radius 3 is 1.19 bits per heavy atom. The molecule has 0 aliphatic rings. The molecule has 0 saturated carbocycles. The van der Waals surface area contributed by atoms with Crippen LogP contribution in [0.3, 0.4) is 0 Å². The molecular formula is C5H2Cl2F6O3. The van der Waals surface area contributed by atoms with E-state index in [2.05, 4.69) is 23.2 Å². The third-order valence-electron chi connectivity index (χ3n) is 0.720. The second-order valence-corrected chi connectivity index (χ2v) is 3.06. The van der Waals surface area contributed by atoms with Gasteiger partial charge >= 0.3 is 18.3 Å². The molecule has 0 aromatic rings. The van der Waals surface area contributed by atoms with E-state index in [1.807, 2.05) is 0 Å². The molecule has 0 atom stereocenters. The van der Waals surface area contributed by atoms with Crippen molar-refractivity contribution in [1.82, 2.24) is 0 Å². The smallest absolute Gasteiger partial charge is 0.475 e. The van der Waals surface area contributed by atoms with Crippen LogP contribution in [0.25, 0.3) is 0 Å². The Balaban J connectivity index is 0. The first-order chi connectivity index (χ1) is 6.80. The van der Waals surface area contributed by atoms with Crippen molar-refractivity contribution in [3.63, 3.8) is 0 Å². The number of Topliss-reactive ketones (excluding diaryl/α,β-unsaturated/α-hetero) is 1. The fourth-order valence-corrected chi connectivity index (χ4v) is 0.371. The Bertz CT molecular complexity index is 258.